The summed E-state index contributed by atoms with van der Waals surface area (Å²) in [6, 6.07) is 6.31. The van der Waals surface area contributed by atoms with Gasteiger partial charge >= 0.3 is 0 Å². The van der Waals surface area contributed by atoms with Gasteiger partial charge in [0.1, 0.15) is 11.9 Å². The van der Waals surface area contributed by atoms with E-state index in [1.807, 2.05) is 11.0 Å². The summed E-state index contributed by atoms with van der Waals surface area (Å²) in [5.74, 6) is -0.495. The predicted octanol–water partition coefficient (Wildman–Crippen LogP) is 1.02. The quantitative estimate of drug-likeness (QED) is 0.849. The fourth-order valence-electron chi connectivity index (χ4n) is 2.02. The molecule has 1 N–H and O–H groups in total. The average molecular weight is 247 g/mol. The first-order chi connectivity index (χ1) is 8.69. The topological polar surface area (TPSA) is 56.1 Å². The van der Waals surface area contributed by atoms with Crippen molar-refractivity contribution in [1.82, 2.24) is 10.2 Å². The third-order valence-corrected chi connectivity index (χ3v) is 2.90. The van der Waals surface area contributed by atoms with E-state index in [1.54, 1.807) is 6.07 Å². The van der Waals surface area contributed by atoms with Crippen molar-refractivity contribution in [3.05, 3.63) is 35.1 Å². The fourth-order valence-corrected chi connectivity index (χ4v) is 2.02. The molecule has 4 nitrogen and oxygen atoms in total. The highest BCUT2D eigenvalue weighted by Gasteiger charge is 2.15. The van der Waals surface area contributed by atoms with E-state index in [0.29, 0.717) is 19.6 Å². The number of benzene rings is 1. The lowest BCUT2D eigenvalue weighted by atomic mass is 10.1. The van der Waals surface area contributed by atoms with Crippen LogP contribution in [0.2, 0.25) is 0 Å². The van der Waals surface area contributed by atoms with E-state index in [0.717, 1.165) is 18.5 Å². The summed E-state index contributed by atoms with van der Waals surface area (Å²) in [6.07, 6.45) is 0.901. The Morgan fingerprint density at radius 2 is 2.33 bits per heavy atom. The molecule has 0 bridgehead atoms. The number of carbonyl (C=O) groups is 1. The summed E-state index contributed by atoms with van der Waals surface area (Å²) in [4.78, 5) is 13.4. The number of rotatable bonds is 2. The molecule has 18 heavy (non-hydrogen) atoms. The standard InChI is InChI=1S/C13H14FN3O/c14-12-3-2-10(6-11(12)7-15)8-17-5-1-4-16-13(18)9-17/h2-3,6H,1,4-5,8-9H2,(H,16,18). The van der Waals surface area contributed by atoms with Crippen molar-refractivity contribution in [2.45, 2.75) is 13.0 Å². The largest absolute Gasteiger partial charge is 0.355 e. The van der Waals surface area contributed by atoms with Crippen LogP contribution in [-0.4, -0.2) is 30.4 Å². The van der Waals surface area contributed by atoms with Crippen LogP contribution in [0, 0.1) is 17.1 Å². The molecule has 0 atom stereocenters. The van der Waals surface area contributed by atoms with Crippen LogP contribution in [0.15, 0.2) is 18.2 Å². The number of halogens is 1. The van der Waals surface area contributed by atoms with Crippen LogP contribution in [0.1, 0.15) is 17.5 Å². The molecule has 0 saturated carbocycles. The number of hydrogen-bond acceptors (Lipinski definition) is 3. The first kappa shape index (κ1) is 12.5. The molecule has 0 unspecified atom stereocenters. The second-order valence-corrected chi connectivity index (χ2v) is 4.34. The Balaban J connectivity index is 2.09. The van der Waals surface area contributed by atoms with E-state index in [2.05, 4.69) is 5.32 Å². The summed E-state index contributed by atoms with van der Waals surface area (Å²) in [7, 11) is 0. The molecule has 1 heterocycles. The van der Waals surface area contributed by atoms with Gasteiger partial charge in [0.2, 0.25) is 5.91 Å². The minimum absolute atomic E-state index is 0.00937. The van der Waals surface area contributed by atoms with E-state index < -0.39 is 5.82 Å². The number of hydrogen-bond donors (Lipinski definition) is 1. The molecular formula is C13H14FN3O. The van der Waals surface area contributed by atoms with Crippen molar-refractivity contribution < 1.29 is 9.18 Å². The minimum Gasteiger partial charge on any atom is -0.355 e. The van der Waals surface area contributed by atoms with Gasteiger partial charge < -0.3 is 5.32 Å². The number of amides is 1. The molecule has 5 heteroatoms. The van der Waals surface area contributed by atoms with Gasteiger partial charge in [-0.3, -0.25) is 9.69 Å². The first-order valence-corrected chi connectivity index (χ1v) is 5.86. The molecule has 2 rings (SSSR count). The SMILES string of the molecule is N#Cc1cc(CN2CCCNC(=O)C2)ccc1F. The second kappa shape index (κ2) is 5.61. The van der Waals surface area contributed by atoms with Crippen molar-refractivity contribution in [1.29, 1.82) is 5.26 Å². The first-order valence-electron chi connectivity index (χ1n) is 5.86. The van der Waals surface area contributed by atoms with Crippen LogP contribution < -0.4 is 5.32 Å². The average Bonchev–Trinajstić information content (AvgIpc) is 2.56. The van der Waals surface area contributed by atoms with E-state index in [4.69, 9.17) is 5.26 Å². The van der Waals surface area contributed by atoms with Gasteiger partial charge in [0.05, 0.1) is 12.1 Å². The molecule has 1 aromatic rings. The maximum atomic E-state index is 13.2. The van der Waals surface area contributed by atoms with Gasteiger partial charge in [-0.1, -0.05) is 6.07 Å². The molecule has 0 aromatic heterocycles. The van der Waals surface area contributed by atoms with Gasteiger partial charge in [-0.2, -0.15) is 5.26 Å². The Bertz CT molecular complexity index is 495. The highest BCUT2D eigenvalue weighted by Crippen LogP contribution is 2.12. The van der Waals surface area contributed by atoms with E-state index >= 15 is 0 Å². The van der Waals surface area contributed by atoms with Gasteiger partial charge in [-0.15, -0.1) is 0 Å². The molecule has 1 aliphatic heterocycles. The van der Waals surface area contributed by atoms with Crippen LogP contribution in [0.5, 0.6) is 0 Å². The van der Waals surface area contributed by atoms with Gasteiger partial charge in [-0.05, 0) is 24.1 Å². The molecule has 1 fully saturated rings. The lowest BCUT2D eigenvalue weighted by Crippen LogP contribution is -2.32. The Morgan fingerprint density at radius 1 is 1.50 bits per heavy atom. The summed E-state index contributed by atoms with van der Waals surface area (Å²) in [6.45, 7) is 2.42. The third kappa shape index (κ3) is 3.05. The number of carbonyl (C=O) groups excluding carboxylic acids is 1. The van der Waals surface area contributed by atoms with Gasteiger partial charge in [0, 0.05) is 19.6 Å². The molecule has 1 aromatic carbocycles. The number of nitriles is 1. The van der Waals surface area contributed by atoms with E-state index in [1.165, 1.54) is 12.1 Å². The van der Waals surface area contributed by atoms with Crippen molar-refractivity contribution >= 4 is 5.91 Å². The second-order valence-electron chi connectivity index (χ2n) is 4.34. The minimum atomic E-state index is -0.505. The molecule has 1 saturated heterocycles. The Hall–Kier alpha value is -1.93. The third-order valence-electron chi connectivity index (χ3n) is 2.90. The maximum absolute atomic E-state index is 13.2. The van der Waals surface area contributed by atoms with Crippen molar-refractivity contribution in [3.8, 4) is 6.07 Å². The van der Waals surface area contributed by atoms with E-state index in [9.17, 15) is 9.18 Å². The summed E-state index contributed by atoms with van der Waals surface area (Å²) >= 11 is 0. The molecule has 94 valence electrons. The molecule has 0 spiro atoms. The van der Waals surface area contributed by atoms with Crippen LogP contribution in [0.3, 0.4) is 0 Å². The highest BCUT2D eigenvalue weighted by molar-refractivity contribution is 5.78. The Kier molecular flexibility index (Phi) is 3.90. The summed E-state index contributed by atoms with van der Waals surface area (Å²) < 4.78 is 13.2. The predicted molar refractivity (Wildman–Crippen MR) is 64.0 cm³/mol. The number of nitrogens with zero attached hydrogens (tertiary/aromatic N) is 2. The van der Waals surface area contributed by atoms with E-state index in [-0.39, 0.29) is 11.5 Å². The lowest BCUT2D eigenvalue weighted by Gasteiger charge is -2.18. The fraction of sp³-hybridized carbons (Fsp3) is 0.385. The van der Waals surface area contributed by atoms with Gasteiger partial charge in [0.15, 0.2) is 0 Å². The normalized spacial score (nSPS) is 16.8. The van der Waals surface area contributed by atoms with Crippen molar-refractivity contribution in [3.63, 3.8) is 0 Å². The highest BCUT2D eigenvalue weighted by atomic mass is 19.1. The molecular weight excluding hydrogens is 233 g/mol. The molecule has 0 radical (unpaired) electrons. The zero-order chi connectivity index (χ0) is 13.0. The van der Waals surface area contributed by atoms with Gasteiger partial charge in [-0.25, -0.2) is 4.39 Å². The van der Waals surface area contributed by atoms with Crippen LogP contribution in [0.4, 0.5) is 4.39 Å². The smallest absolute Gasteiger partial charge is 0.234 e. The monoisotopic (exact) mass is 247 g/mol. The zero-order valence-electron chi connectivity index (χ0n) is 9.95. The lowest BCUT2D eigenvalue weighted by molar-refractivity contribution is -0.121. The Labute approximate surface area is 105 Å². The van der Waals surface area contributed by atoms with Crippen LogP contribution in [-0.2, 0) is 11.3 Å². The summed E-state index contributed by atoms with van der Waals surface area (Å²) in [5.41, 5.74) is 0.898. The summed E-state index contributed by atoms with van der Waals surface area (Å²) in [5, 5.41) is 11.6. The molecule has 1 amide bonds. The van der Waals surface area contributed by atoms with Crippen LogP contribution >= 0.6 is 0 Å². The molecule has 1 aliphatic rings. The van der Waals surface area contributed by atoms with Crippen LogP contribution in [0.25, 0.3) is 0 Å². The van der Waals surface area contributed by atoms with Gasteiger partial charge in [0.25, 0.3) is 0 Å². The molecule has 0 aliphatic carbocycles. The van der Waals surface area contributed by atoms with Crippen molar-refractivity contribution in [2.24, 2.45) is 0 Å². The van der Waals surface area contributed by atoms with Crippen molar-refractivity contribution in [2.75, 3.05) is 19.6 Å². The Morgan fingerprint density at radius 3 is 3.11 bits per heavy atom. The zero-order valence-corrected chi connectivity index (χ0v) is 9.95. The maximum Gasteiger partial charge on any atom is 0.234 e. The number of nitrogens with one attached hydrogen (secondary N) is 1.